The summed E-state index contributed by atoms with van der Waals surface area (Å²) in [6, 6.07) is 12.4. The van der Waals surface area contributed by atoms with Crippen LogP contribution in [0.25, 0.3) is 11.0 Å². The normalized spacial score (nSPS) is 10.8. The summed E-state index contributed by atoms with van der Waals surface area (Å²) in [5.74, 6) is 1.85. The SMILES string of the molecule is Cn1cnc2c(NCCSc3ccccc3)nccc21. The Bertz CT molecular complexity index is 693. The number of pyridine rings is 1. The van der Waals surface area contributed by atoms with Gasteiger partial charge in [-0.25, -0.2) is 9.97 Å². The fourth-order valence-electron chi connectivity index (χ4n) is 2.05. The van der Waals surface area contributed by atoms with Crippen LogP contribution in [0.5, 0.6) is 0 Å². The quantitative estimate of drug-likeness (QED) is 0.577. The van der Waals surface area contributed by atoms with Crippen molar-refractivity contribution >= 4 is 28.6 Å². The van der Waals surface area contributed by atoms with Crippen molar-refractivity contribution in [2.24, 2.45) is 7.05 Å². The molecule has 0 radical (unpaired) electrons. The predicted molar refractivity (Wildman–Crippen MR) is 84.2 cm³/mol. The molecule has 0 aliphatic rings. The van der Waals surface area contributed by atoms with Gasteiger partial charge in [-0.15, -0.1) is 11.8 Å². The summed E-state index contributed by atoms with van der Waals surface area (Å²) in [7, 11) is 1.99. The molecule has 0 saturated heterocycles. The van der Waals surface area contributed by atoms with E-state index in [1.807, 2.05) is 48.0 Å². The molecule has 1 aromatic carbocycles. The number of rotatable bonds is 5. The first kappa shape index (κ1) is 13.0. The molecule has 0 aliphatic heterocycles. The maximum Gasteiger partial charge on any atom is 0.154 e. The lowest BCUT2D eigenvalue weighted by Gasteiger charge is -2.06. The average molecular weight is 284 g/mol. The van der Waals surface area contributed by atoms with Crippen molar-refractivity contribution in [2.75, 3.05) is 17.6 Å². The first-order chi connectivity index (χ1) is 9.84. The van der Waals surface area contributed by atoms with Gasteiger partial charge >= 0.3 is 0 Å². The van der Waals surface area contributed by atoms with Crippen molar-refractivity contribution in [1.29, 1.82) is 0 Å². The number of thioether (sulfide) groups is 1. The number of fused-ring (bicyclic) bond motifs is 1. The Hall–Kier alpha value is -2.01. The third kappa shape index (κ3) is 2.77. The summed E-state index contributed by atoms with van der Waals surface area (Å²) in [4.78, 5) is 10.0. The molecular weight excluding hydrogens is 268 g/mol. The number of benzene rings is 1. The summed E-state index contributed by atoms with van der Waals surface area (Å²) >= 11 is 1.83. The number of aromatic nitrogens is 3. The van der Waals surface area contributed by atoms with E-state index >= 15 is 0 Å². The smallest absolute Gasteiger partial charge is 0.154 e. The van der Waals surface area contributed by atoms with Crippen LogP contribution in [0.2, 0.25) is 0 Å². The molecule has 2 aromatic heterocycles. The summed E-state index contributed by atoms with van der Waals surface area (Å²) in [6.07, 6.45) is 3.63. The molecule has 0 unspecified atom stereocenters. The molecule has 3 rings (SSSR count). The second-order valence-electron chi connectivity index (χ2n) is 4.47. The highest BCUT2D eigenvalue weighted by Gasteiger charge is 2.05. The van der Waals surface area contributed by atoms with Gasteiger partial charge in [0.2, 0.25) is 0 Å². The van der Waals surface area contributed by atoms with Crippen LogP contribution in [0.4, 0.5) is 5.82 Å². The Balaban J connectivity index is 1.60. The van der Waals surface area contributed by atoms with Gasteiger partial charge < -0.3 is 9.88 Å². The van der Waals surface area contributed by atoms with Gasteiger partial charge in [-0.3, -0.25) is 0 Å². The maximum absolute atomic E-state index is 4.39. The molecule has 0 atom stereocenters. The number of imidazole rings is 1. The minimum absolute atomic E-state index is 0.858. The monoisotopic (exact) mass is 284 g/mol. The Labute approximate surface area is 122 Å². The number of nitrogens with one attached hydrogen (secondary N) is 1. The minimum Gasteiger partial charge on any atom is -0.367 e. The van der Waals surface area contributed by atoms with Crippen molar-refractivity contribution < 1.29 is 0 Å². The second-order valence-corrected chi connectivity index (χ2v) is 5.64. The summed E-state index contributed by atoms with van der Waals surface area (Å²) in [5.41, 5.74) is 2.03. The van der Waals surface area contributed by atoms with Crippen molar-refractivity contribution in [1.82, 2.24) is 14.5 Å². The number of hydrogen-bond acceptors (Lipinski definition) is 4. The highest BCUT2D eigenvalue weighted by Crippen LogP contribution is 2.20. The summed E-state index contributed by atoms with van der Waals surface area (Å²) < 4.78 is 2.00. The lowest BCUT2D eigenvalue weighted by atomic mass is 10.4. The van der Waals surface area contributed by atoms with Gasteiger partial charge in [0.25, 0.3) is 0 Å². The number of aryl methyl sites for hydroxylation is 1. The van der Waals surface area contributed by atoms with E-state index in [2.05, 4.69) is 39.6 Å². The van der Waals surface area contributed by atoms with E-state index in [0.717, 1.165) is 29.1 Å². The first-order valence-electron chi connectivity index (χ1n) is 6.52. The molecule has 0 spiro atoms. The first-order valence-corrected chi connectivity index (χ1v) is 7.51. The zero-order valence-corrected chi connectivity index (χ0v) is 12.1. The van der Waals surface area contributed by atoms with Gasteiger partial charge in [-0.05, 0) is 18.2 Å². The van der Waals surface area contributed by atoms with E-state index in [1.54, 1.807) is 0 Å². The molecule has 0 aliphatic carbocycles. The van der Waals surface area contributed by atoms with Crippen molar-refractivity contribution in [3.8, 4) is 0 Å². The average Bonchev–Trinajstić information content (AvgIpc) is 2.87. The van der Waals surface area contributed by atoms with Gasteiger partial charge in [0, 0.05) is 30.4 Å². The van der Waals surface area contributed by atoms with Crippen molar-refractivity contribution in [3.05, 3.63) is 48.9 Å². The molecule has 1 N–H and O–H groups in total. The van der Waals surface area contributed by atoms with Gasteiger partial charge in [-0.1, -0.05) is 18.2 Å². The fraction of sp³-hybridized carbons (Fsp3) is 0.200. The highest BCUT2D eigenvalue weighted by molar-refractivity contribution is 7.99. The van der Waals surface area contributed by atoms with Crippen LogP contribution in [-0.4, -0.2) is 26.8 Å². The van der Waals surface area contributed by atoms with Crippen LogP contribution < -0.4 is 5.32 Å². The predicted octanol–water partition coefficient (Wildman–Crippen LogP) is 3.17. The van der Waals surface area contributed by atoms with E-state index in [4.69, 9.17) is 0 Å². The molecule has 4 nitrogen and oxygen atoms in total. The zero-order valence-electron chi connectivity index (χ0n) is 11.3. The van der Waals surface area contributed by atoms with Gasteiger partial charge in [0.15, 0.2) is 5.82 Å². The molecule has 102 valence electrons. The van der Waals surface area contributed by atoms with E-state index in [-0.39, 0.29) is 0 Å². The van der Waals surface area contributed by atoms with Gasteiger partial charge in [0.05, 0.1) is 11.8 Å². The highest BCUT2D eigenvalue weighted by atomic mass is 32.2. The molecule has 0 amide bonds. The summed E-state index contributed by atoms with van der Waals surface area (Å²) in [5, 5.41) is 3.36. The van der Waals surface area contributed by atoms with Crippen molar-refractivity contribution in [2.45, 2.75) is 4.90 Å². The van der Waals surface area contributed by atoms with Crippen LogP contribution in [0.3, 0.4) is 0 Å². The molecular formula is C15H16N4S. The largest absolute Gasteiger partial charge is 0.367 e. The van der Waals surface area contributed by atoms with E-state index in [0.29, 0.717) is 0 Å². The Morgan fingerprint density at radius 2 is 2.00 bits per heavy atom. The zero-order chi connectivity index (χ0) is 13.8. The molecule has 0 bridgehead atoms. The van der Waals surface area contributed by atoms with E-state index in [9.17, 15) is 0 Å². The Morgan fingerprint density at radius 3 is 2.85 bits per heavy atom. The molecule has 3 aromatic rings. The summed E-state index contributed by atoms with van der Waals surface area (Å²) in [6.45, 7) is 0.863. The third-order valence-corrected chi connectivity index (χ3v) is 4.06. The Morgan fingerprint density at radius 1 is 1.15 bits per heavy atom. The van der Waals surface area contributed by atoms with Crippen molar-refractivity contribution in [3.63, 3.8) is 0 Å². The lowest BCUT2D eigenvalue weighted by Crippen LogP contribution is -2.06. The van der Waals surface area contributed by atoms with E-state index < -0.39 is 0 Å². The molecule has 20 heavy (non-hydrogen) atoms. The second kappa shape index (κ2) is 5.96. The molecule has 5 heteroatoms. The van der Waals surface area contributed by atoms with Crippen LogP contribution in [0.15, 0.2) is 53.8 Å². The minimum atomic E-state index is 0.858. The Kier molecular flexibility index (Phi) is 3.87. The fourth-order valence-corrected chi connectivity index (χ4v) is 2.84. The standard InChI is InChI=1S/C15H16N4S/c1-19-11-18-14-13(19)7-8-16-15(14)17-9-10-20-12-5-3-2-4-6-12/h2-8,11H,9-10H2,1H3,(H,16,17). The topological polar surface area (TPSA) is 42.7 Å². The number of nitrogens with zero attached hydrogens (tertiary/aromatic N) is 3. The molecule has 2 heterocycles. The van der Waals surface area contributed by atoms with Crippen LogP contribution >= 0.6 is 11.8 Å². The van der Waals surface area contributed by atoms with Gasteiger partial charge in [0.1, 0.15) is 5.52 Å². The van der Waals surface area contributed by atoms with E-state index in [1.165, 1.54) is 4.90 Å². The molecule has 0 fully saturated rings. The van der Waals surface area contributed by atoms with Crippen LogP contribution in [0.1, 0.15) is 0 Å². The third-order valence-electron chi connectivity index (χ3n) is 3.05. The molecule has 0 saturated carbocycles. The number of anilines is 1. The van der Waals surface area contributed by atoms with Crippen LogP contribution in [-0.2, 0) is 7.05 Å². The number of hydrogen-bond donors (Lipinski definition) is 1. The van der Waals surface area contributed by atoms with Gasteiger partial charge in [-0.2, -0.15) is 0 Å². The maximum atomic E-state index is 4.39. The van der Waals surface area contributed by atoms with Crippen LogP contribution in [0, 0.1) is 0 Å². The lowest BCUT2D eigenvalue weighted by molar-refractivity contribution is 0.947.